The fourth-order valence-corrected chi connectivity index (χ4v) is 1.19. The number of nitrogens with one attached hydrogen (secondary N) is 1. The molecule has 2 rings (SSSR count). The molecule has 0 saturated heterocycles. The summed E-state index contributed by atoms with van der Waals surface area (Å²) >= 11 is 5.66. The highest BCUT2D eigenvalue weighted by Gasteiger charge is 2.07. The molecule has 0 spiro atoms. The van der Waals surface area contributed by atoms with E-state index in [4.69, 9.17) is 16.7 Å². The van der Waals surface area contributed by atoms with Crippen LogP contribution < -0.4 is 5.32 Å². The molecule has 0 bridgehead atoms. The number of rotatable bonds is 1. The first-order valence-corrected chi connectivity index (χ1v) is 4.04. The maximum atomic E-state index is 10.4. The first kappa shape index (κ1) is 8.76. The normalized spacial score (nSPS) is 10.4. The highest BCUT2D eigenvalue weighted by molar-refractivity contribution is 6.29. The molecular weight excluding hydrogens is 208 g/mol. The summed E-state index contributed by atoms with van der Waals surface area (Å²) < 4.78 is 1.43. The second kappa shape index (κ2) is 3.15. The number of amides is 1. The highest BCUT2D eigenvalue weighted by atomic mass is 35.5. The fourth-order valence-electron chi connectivity index (χ4n) is 1.05. The Balaban J connectivity index is 2.55. The maximum absolute atomic E-state index is 10.4. The van der Waals surface area contributed by atoms with E-state index in [1.807, 2.05) is 0 Å². The van der Waals surface area contributed by atoms with Crippen LogP contribution in [0.4, 0.5) is 10.5 Å². The predicted octanol–water partition coefficient (Wildman–Crippen LogP) is 1.47. The number of carboxylic acid groups (broad SMARTS) is 1. The molecule has 2 aromatic heterocycles. The predicted molar refractivity (Wildman–Crippen MR) is 49.6 cm³/mol. The van der Waals surface area contributed by atoms with Gasteiger partial charge in [-0.15, -0.1) is 0 Å². The van der Waals surface area contributed by atoms with E-state index < -0.39 is 6.09 Å². The van der Waals surface area contributed by atoms with Crippen LogP contribution in [0.25, 0.3) is 5.65 Å². The lowest BCUT2D eigenvalue weighted by molar-refractivity contribution is 0.210. The molecule has 0 radical (unpaired) electrons. The minimum atomic E-state index is -1.17. The van der Waals surface area contributed by atoms with Crippen molar-refractivity contribution >= 4 is 29.0 Å². The van der Waals surface area contributed by atoms with Crippen LogP contribution >= 0.6 is 11.6 Å². The largest absolute Gasteiger partial charge is 0.465 e. The van der Waals surface area contributed by atoms with E-state index in [9.17, 15) is 4.79 Å². The molecule has 0 unspecified atom stereocenters. The van der Waals surface area contributed by atoms with Crippen molar-refractivity contribution in [2.24, 2.45) is 0 Å². The van der Waals surface area contributed by atoms with Gasteiger partial charge in [0.15, 0.2) is 5.65 Å². The zero-order valence-electron chi connectivity index (χ0n) is 6.81. The molecule has 0 aromatic carbocycles. The maximum Gasteiger partial charge on any atom is 0.409 e. The Kier molecular flexibility index (Phi) is 1.97. The summed E-state index contributed by atoms with van der Waals surface area (Å²) in [5, 5.41) is 14.8. The summed E-state index contributed by atoms with van der Waals surface area (Å²) in [6, 6.07) is 1.56. The lowest BCUT2D eigenvalue weighted by Gasteiger charge is -1.97. The van der Waals surface area contributed by atoms with Gasteiger partial charge in [-0.25, -0.2) is 14.3 Å². The van der Waals surface area contributed by atoms with Crippen LogP contribution in [0.5, 0.6) is 0 Å². The lowest BCUT2D eigenvalue weighted by atomic mass is 10.5. The van der Waals surface area contributed by atoms with Crippen molar-refractivity contribution in [3.8, 4) is 0 Å². The van der Waals surface area contributed by atoms with E-state index in [0.717, 1.165) is 0 Å². The quantitative estimate of drug-likeness (QED) is 0.702. The Morgan fingerprint density at radius 3 is 3.14 bits per heavy atom. The molecule has 0 saturated carbocycles. The van der Waals surface area contributed by atoms with Crippen LogP contribution in [-0.2, 0) is 0 Å². The van der Waals surface area contributed by atoms with Gasteiger partial charge in [-0.3, -0.25) is 5.32 Å². The topological polar surface area (TPSA) is 79.5 Å². The van der Waals surface area contributed by atoms with Crippen molar-refractivity contribution in [2.75, 3.05) is 5.32 Å². The zero-order chi connectivity index (χ0) is 10.1. The molecule has 0 atom stereocenters. The van der Waals surface area contributed by atoms with Gasteiger partial charge in [0, 0.05) is 6.20 Å². The van der Waals surface area contributed by atoms with E-state index >= 15 is 0 Å². The van der Waals surface area contributed by atoms with E-state index in [1.165, 1.54) is 10.7 Å². The Morgan fingerprint density at radius 1 is 1.64 bits per heavy atom. The van der Waals surface area contributed by atoms with Gasteiger partial charge in [0.25, 0.3) is 0 Å². The minimum absolute atomic E-state index is 0.284. The number of halogens is 1. The summed E-state index contributed by atoms with van der Waals surface area (Å²) in [5.41, 5.74) is 0.680. The van der Waals surface area contributed by atoms with Gasteiger partial charge in [0.1, 0.15) is 10.8 Å². The van der Waals surface area contributed by atoms with Gasteiger partial charge in [0.05, 0.1) is 6.20 Å². The monoisotopic (exact) mass is 212 g/mol. The van der Waals surface area contributed by atoms with Crippen molar-refractivity contribution in [2.45, 2.75) is 0 Å². The molecular formula is C7H5ClN4O2. The molecule has 0 aliphatic carbocycles. The van der Waals surface area contributed by atoms with Gasteiger partial charge < -0.3 is 5.11 Å². The molecule has 2 heterocycles. The summed E-state index contributed by atoms with van der Waals surface area (Å²) in [7, 11) is 0. The summed E-state index contributed by atoms with van der Waals surface area (Å²) in [4.78, 5) is 14.3. The molecule has 7 heteroatoms. The molecule has 0 aliphatic heterocycles. The first-order valence-electron chi connectivity index (χ1n) is 3.66. The second-order valence-electron chi connectivity index (χ2n) is 2.51. The van der Waals surface area contributed by atoms with Crippen molar-refractivity contribution in [1.82, 2.24) is 14.6 Å². The Bertz CT molecular complexity index is 495. The van der Waals surface area contributed by atoms with Crippen LogP contribution in [0, 0.1) is 0 Å². The second-order valence-corrected chi connectivity index (χ2v) is 2.89. The third-order valence-corrected chi connectivity index (χ3v) is 1.79. The van der Waals surface area contributed by atoms with Crippen molar-refractivity contribution < 1.29 is 9.90 Å². The average Bonchev–Trinajstić information content (AvgIpc) is 2.47. The Hall–Kier alpha value is -1.82. The van der Waals surface area contributed by atoms with Crippen LogP contribution in [0.2, 0.25) is 5.15 Å². The number of carbonyl (C=O) groups is 1. The van der Waals surface area contributed by atoms with E-state index in [-0.39, 0.29) is 5.15 Å². The van der Waals surface area contributed by atoms with Crippen LogP contribution in [0.15, 0.2) is 18.5 Å². The van der Waals surface area contributed by atoms with Gasteiger partial charge in [-0.1, -0.05) is 11.6 Å². The molecule has 0 fully saturated rings. The first-order chi connectivity index (χ1) is 6.66. The SMILES string of the molecule is O=C(O)Nc1cnn2ccc(Cl)nc12. The summed E-state index contributed by atoms with van der Waals surface area (Å²) in [5.74, 6) is 0. The molecule has 2 aromatic rings. The van der Waals surface area contributed by atoms with Crippen molar-refractivity contribution in [3.05, 3.63) is 23.6 Å². The summed E-state index contributed by atoms with van der Waals surface area (Å²) in [6.07, 6.45) is 1.80. The van der Waals surface area contributed by atoms with Crippen LogP contribution in [0.1, 0.15) is 0 Å². The number of fused-ring (bicyclic) bond motifs is 1. The van der Waals surface area contributed by atoms with E-state index in [2.05, 4.69) is 15.4 Å². The van der Waals surface area contributed by atoms with E-state index in [1.54, 1.807) is 12.3 Å². The highest BCUT2D eigenvalue weighted by Crippen LogP contribution is 2.15. The Labute approximate surface area is 83.1 Å². The van der Waals surface area contributed by atoms with Crippen LogP contribution in [-0.4, -0.2) is 25.8 Å². The van der Waals surface area contributed by atoms with Gasteiger partial charge in [0.2, 0.25) is 0 Å². The molecule has 1 amide bonds. The average molecular weight is 213 g/mol. The molecule has 2 N–H and O–H groups in total. The molecule has 72 valence electrons. The van der Waals surface area contributed by atoms with Crippen molar-refractivity contribution in [3.63, 3.8) is 0 Å². The third kappa shape index (κ3) is 1.47. The smallest absolute Gasteiger partial charge is 0.409 e. The number of anilines is 1. The summed E-state index contributed by atoms with van der Waals surface area (Å²) in [6.45, 7) is 0. The van der Waals surface area contributed by atoms with Crippen LogP contribution in [0.3, 0.4) is 0 Å². The molecule has 0 aliphatic rings. The van der Waals surface area contributed by atoms with E-state index in [0.29, 0.717) is 11.3 Å². The minimum Gasteiger partial charge on any atom is -0.465 e. The number of nitrogens with zero attached hydrogens (tertiary/aromatic N) is 3. The van der Waals surface area contributed by atoms with Gasteiger partial charge in [-0.2, -0.15) is 5.10 Å². The lowest BCUT2D eigenvalue weighted by Crippen LogP contribution is -2.07. The fraction of sp³-hybridized carbons (Fsp3) is 0. The van der Waals surface area contributed by atoms with Crippen molar-refractivity contribution in [1.29, 1.82) is 0 Å². The molecule has 6 nitrogen and oxygen atoms in total. The standard InChI is InChI=1S/C7H5ClN4O2/c8-5-1-2-12-6(11-5)4(3-9-12)10-7(13)14/h1-3,10H,(H,13,14). The Morgan fingerprint density at radius 2 is 2.43 bits per heavy atom. The molecule has 14 heavy (non-hydrogen) atoms. The number of hydrogen-bond donors (Lipinski definition) is 2. The van der Waals surface area contributed by atoms with Gasteiger partial charge >= 0.3 is 6.09 Å². The zero-order valence-corrected chi connectivity index (χ0v) is 7.56. The number of aromatic nitrogens is 3. The van der Waals surface area contributed by atoms with Gasteiger partial charge in [-0.05, 0) is 6.07 Å². The third-order valence-electron chi connectivity index (χ3n) is 1.58. The number of hydrogen-bond acceptors (Lipinski definition) is 3.